The standard InChI is InChI=1S/C14H19N3/c1-10(2)8-14(17-15)12-6-5-11-4-3-7-16-13(11)9-12/h3-7,9-10,14,17H,8,15H2,1-2H3. The zero-order chi connectivity index (χ0) is 12.3. The summed E-state index contributed by atoms with van der Waals surface area (Å²) in [7, 11) is 0. The molecule has 0 saturated heterocycles. The van der Waals surface area contributed by atoms with Gasteiger partial charge in [-0.05, 0) is 30.0 Å². The van der Waals surface area contributed by atoms with E-state index in [0.717, 1.165) is 17.3 Å². The molecule has 0 spiro atoms. The number of hydrogen-bond acceptors (Lipinski definition) is 3. The van der Waals surface area contributed by atoms with E-state index in [1.54, 1.807) is 0 Å². The van der Waals surface area contributed by atoms with E-state index in [-0.39, 0.29) is 6.04 Å². The number of nitrogens with two attached hydrogens (primary N) is 1. The van der Waals surface area contributed by atoms with Crippen molar-refractivity contribution in [2.75, 3.05) is 0 Å². The summed E-state index contributed by atoms with van der Waals surface area (Å²) >= 11 is 0. The van der Waals surface area contributed by atoms with E-state index in [1.807, 2.05) is 12.3 Å². The molecule has 0 aliphatic rings. The van der Waals surface area contributed by atoms with Crippen LogP contribution < -0.4 is 11.3 Å². The Kier molecular flexibility index (Phi) is 3.71. The Balaban J connectivity index is 2.34. The Morgan fingerprint density at radius 2 is 2.12 bits per heavy atom. The first-order chi connectivity index (χ1) is 8.20. The highest BCUT2D eigenvalue weighted by Crippen LogP contribution is 2.23. The van der Waals surface area contributed by atoms with Crippen LogP contribution >= 0.6 is 0 Å². The van der Waals surface area contributed by atoms with Gasteiger partial charge in [0.05, 0.1) is 5.52 Å². The summed E-state index contributed by atoms with van der Waals surface area (Å²) in [5.74, 6) is 6.23. The van der Waals surface area contributed by atoms with Crippen LogP contribution in [0.25, 0.3) is 10.9 Å². The summed E-state index contributed by atoms with van der Waals surface area (Å²) < 4.78 is 0. The first-order valence-corrected chi connectivity index (χ1v) is 6.01. The highest BCUT2D eigenvalue weighted by Gasteiger charge is 2.12. The number of aromatic nitrogens is 1. The number of benzene rings is 1. The number of pyridine rings is 1. The van der Waals surface area contributed by atoms with Crippen molar-refractivity contribution in [3.63, 3.8) is 0 Å². The lowest BCUT2D eigenvalue weighted by Crippen LogP contribution is -2.29. The fraction of sp³-hybridized carbons (Fsp3) is 0.357. The van der Waals surface area contributed by atoms with Gasteiger partial charge in [-0.3, -0.25) is 16.3 Å². The molecule has 17 heavy (non-hydrogen) atoms. The molecule has 0 bridgehead atoms. The lowest BCUT2D eigenvalue weighted by molar-refractivity contribution is 0.438. The Morgan fingerprint density at radius 1 is 1.29 bits per heavy atom. The molecule has 1 heterocycles. The van der Waals surface area contributed by atoms with Crippen LogP contribution in [0.1, 0.15) is 31.9 Å². The number of nitrogens with one attached hydrogen (secondary N) is 1. The minimum absolute atomic E-state index is 0.196. The van der Waals surface area contributed by atoms with Crippen LogP contribution in [0.4, 0.5) is 0 Å². The lowest BCUT2D eigenvalue weighted by atomic mass is 9.96. The molecule has 1 atom stereocenters. The molecule has 0 fully saturated rings. The predicted octanol–water partition coefficient (Wildman–Crippen LogP) is 2.79. The van der Waals surface area contributed by atoms with Crippen LogP contribution in [-0.4, -0.2) is 4.98 Å². The average Bonchev–Trinajstić information content (AvgIpc) is 2.35. The van der Waals surface area contributed by atoms with Crippen LogP contribution in [0.5, 0.6) is 0 Å². The molecular weight excluding hydrogens is 210 g/mol. The summed E-state index contributed by atoms with van der Waals surface area (Å²) in [5, 5.41) is 1.16. The van der Waals surface area contributed by atoms with Gasteiger partial charge < -0.3 is 0 Å². The molecule has 3 nitrogen and oxygen atoms in total. The molecule has 90 valence electrons. The zero-order valence-electron chi connectivity index (χ0n) is 10.4. The van der Waals surface area contributed by atoms with Crippen molar-refractivity contribution in [1.82, 2.24) is 10.4 Å². The summed E-state index contributed by atoms with van der Waals surface area (Å²) in [5.41, 5.74) is 5.11. The van der Waals surface area contributed by atoms with E-state index in [0.29, 0.717) is 5.92 Å². The quantitative estimate of drug-likeness (QED) is 0.626. The summed E-state index contributed by atoms with van der Waals surface area (Å²) in [6.45, 7) is 4.40. The van der Waals surface area contributed by atoms with E-state index in [9.17, 15) is 0 Å². The van der Waals surface area contributed by atoms with Crippen molar-refractivity contribution in [1.29, 1.82) is 0 Å². The maximum Gasteiger partial charge on any atom is 0.0705 e. The molecule has 0 radical (unpaired) electrons. The van der Waals surface area contributed by atoms with Gasteiger partial charge >= 0.3 is 0 Å². The Labute approximate surface area is 102 Å². The maximum absolute atomic E-state index is 5.63. The van der Waals surface area contributed by atoms with E-state index in [4.69, 9.17) is 5.84 Å². The Hall–Kier alpha value is -1.45. The third-order valence-electron chi connectivity index (χ3n) is 2.94. The third-order valence-corrected chi connectivity index (χ3v) is 2.94. The summed E-state index contributed by atoms with van der Waals surface area (Å²) in [6.07, 6.45) is 2.84. The van der Waals surface area contributed by atoms with E-state index in [1.165, 1.54) is 5.56 Å². The largest absolute Gasteiger partial charge is 0.271 e. The molecule has 1 aromatic heterocycles. The second-order valence-electron chi connectivity index (χ2n) is 4.80. The van der Waals surface area contributed by atoms with Gasteiger partial charge in [-0.25, -0.2) is 0 Å². The van der Waals surface area contributed by atoms with Gasteiger partial charge in [0.1, 0.15) is 0 Å². The fourth-order valence-electron chi connectivity index (χ4n) is 2.07. The van der Waals surface area contributed by atoms with Crippen LogP contribution in [0.15, 0.2) is 36.5 Å². The van der Waals surface area contributed by atoms with Gasteiger partial charge in [0.15, 0.2) is 0 Å². The van der Waals surface area contributed by atoms with Gasteiger partial charge in [0, 0.05) is 17.6 Å². The molecular formula is C14H19N3. The normalized spacial score (nSPS) is 13.2. The maximum atomic E-state index is 5.63. The van der Waals surface area contributed by atoms with Crippen molar-refractivity contribution >= 4 is 10.9 Å². The molecule has 1 aromatic carbocycles. The Bertz CT molecular complexity index is 494. The van der Waals surface area contributed by atoms with Gasteiger partial charge in [-0.1, -0.05) is 32.0 Å². The second-order valence-corrected chi connectivity index (χ2v) is 4.80. The molecule has 0 aliphatic carbocycles. The number of hydrazine groups is 1. The topological polar surface area (TPSA) is 50.9 Å². The second kappa shape index (κ2) is 5.25. The molecule has 2 rings (SSSR count). The first-order valence-electron chi connectivity index (χ1n) is 6.01. The minimum Gasteiger partial charge on any atom is -0.271 e. The average molecular weight is 229 g/mol. The highest BCUT2D eigenvalue weighted by molar-refractivity contribution is 5.78. The highest BCUT2D eigenvalue weighted by atomic mass is 15.2. The summed E-state index contributed by atoms with van der Waals surface area (Å²) in [4.78, 5) is 4.37. The number of fused-ring (bicyclic) bond motifs is 1. The molecule has 0 amide bonds. The van der Waals surface area contributed by atoms with Crippen LogP contribution in [0.2, 0.25) is 0 Å². The minimum atomic E-state index is 0.196. The molecule has 2 aromatic rings. The van der Waals surface area contributed by atoms with Gasteiger partial charge in [0.2, 0.25) is 0 Å². The van der Waals surface area contributed by atoms with Crippen molar-refractivity contribution in [3.8, 4) is 0 Å². The smallest absolute Gasteiger partial charge is 0.0705 e. The number of rotatable bonds is 4. The fourth-order valence-corrected chi connectivity index (χ4v) is 2.07. The zero-order valence-corrected chi connectivity index (χ0v) is 10.4. The van der Waals surface area contributed by atoms with Gasteiger partial charge in [-0.15, -0.1) is 0 Å². The van der Waals surface area contributed by atoms with Crippen molar-refractivity contribution in [3.05, 3.63) is 42.1 Å². The molecule has 3 heteroatoms. The predicted molar refractivity (Wildman–Crippen MR) is 71.3 cm³/mol. The van der Waals surface area contributed by atoms with Gasteiger partial charge in [0.25, 0.3) is 0 Å². The third kappa shape index (κ3) is 2.81. The first kappa shape index (κ1) is 12.0. The molecule has 3 N–H and O–H groups in total. The van der Waals surface area contributed by atoms with Crippen LogP contribution in [-0.2, 0) is 0 Å². The van der Waals surface area contributed by atoms with Crippen molar-refractivity contribution in [2.24, 2.45) is 11.8 Å². The SMILES string of the molecule is CC(C)CC(NN)c1ccc2cccnc2c1. The monoisotopic (exact) mass is 229 g/mol. The Morgan fingerprint density at radius 3 is 2.82 bits per heavy atom. The van der Waals surface area contributed by atoms with Gasteiger partial charge in [-0.2, -0.15) is 0 Å². The summed E-state index contributed by atoms with van der Waals surface area (Å²) in [6, 6.07) is 10.6. The lowest BCUT2D eigenvalue weighted by Gasteiger charge is -2.18. The molecule has 1 unspecified atom stereocenters. The van der Waals surface area contributed by atoms with Crippen LogP contribution in [0.3, 0.4) is 0 Å². The van der Waals surface area contributed by atoms with Crippen molar-refractivity contribution in [2.45, 2.75) is 26.3 Å². The van der Waals surface area contributed by atoms with Crippen molar-refractivity contribution < 1.29 is 0 Å². The van der Waals surface area contributed by atoms with Crippen LogP contribution in [0, 0.1) is 5.92 Å². The molecule has 0 aliphatic heterocycles. The van der Waals surface area contributed by atoms with E-state index < -0.39 is 0 Å². The van der Waals surface area contributed by atoms with E-state index in [2.05, 4.69) is 48.5 Å². The molecule has 0 saturated carbocycles. The number of nitrogens with zero attached hydrogens (tertiary/aromatic N) is 1. The number of hydrogen-bond donors (Lipinski definition) is 2. The van der Waals surface area contributed by atoms with E-state index >= 15 is 0 Å².